The van der Waals surface area contributed by atoms with Crippen LogP contribution < -0.4 is 11.5 Å². The number of ether oxygens (including phenoxy) is 1. The van der Waals surface area contributed by atoms with Crippen LogP contribution in [0.15, 0.2) is 0 Å². The lowest BCUT2D eigenvalue weighted by molar-refractivity contribution is -0.172. The second-order valence-electron chi connectivity index (χ2n) is 2.46. The minimum absolute atomic E-state index is 0.149. The molecule has 1 unspecified atom stereocenters. The first kappa shape index (κ1) is 7.90. The van der Waals surface area contributed by atoms with Gasteiger partial charge < -0.3 is 26.4 Å². The number of nitrogens with two attached hydrogens (primary N) is 2. The van der Waals surface area contributed by atoms with Crippen LogP contribution in [0.1, 0.15) is 0 Å². The fourth-order valence-electron chi connectivity index (χ4n) is 0.874. The molecule has 0 aromatic heterocycles. The third-order valence-corrected chi connectivity index (χ3v) is 1.62. The molecule has 0 amide bonds. The summed E-state index contributed by atoms with van der Waals surface area (Å²) in [6.07, 6.45) is -1.96. The monoisotopic (exact) mass is 148 g/mol. The maximum atomic E-state index is 9.13. The van der Waals surface area contributed by atoms with E-state index < -0.39 is 24.5 Å². The quantitative estimate of drug-likeness (QED) is 0.300. The van der Waals surface area contributed by atoms with Crippen LogP contribution in [0.5, 0.6) is 0 Å². The van der Waals surface area contributed by atoms with E-state index in [0.717, 1.165) is 0 Å². The lowest BCUT2D eigenvalue weighted by atomic mass is 10.0. The number of hydrogen-bond acceptors (Lipinski definition) is 5. The maximum Gasteiger partial charge on any atom is 0.172 e. The summed E-state index contributed by atoms with van der Waals surface area (Å²) in [5.74, 6) is 0. The van der Waals surface area contributed by atoms with Crippen molar-refractivity contribution < 1.29 is 14.9 Å². The van der Waals surface area contributed by atoms with Crippen molar-refractivity contribution in [3.05, 3.63) is 0 Å². The molecular weight excluding hydrogens is 136 g/mol. The van der Waals surface area contributed by atoms with E-state index in [9.17, 15) is 0 Å². The summed E-state index contributed by atoms with van der Waals surface area (Å²) in [5.41, 5.74) is 10.7. The molecule has 60 valence electrons. The zero-order valence-electron chi connectivity index (χ0n) is 5.47. The van der Waals surface area contributed by atoms with Gasteiger partial charge in [0, 0.05) is 0 Å². The zero-order chi connectivity index (χ0) is 7.72. The smallest absolute Gasteiger partial charge is 0.172 e. The van der Waals surface area contributed by atoms with Crippen LogP contribution in [0.3, 0.4) is 0 Å². The third kappa shape index (κ3) is 1.28. The van der Waals surface area contributed by atoms with Crippen LogP contribution in [0, 0.1) is 0 Å². The molecule has 6 N–H and O–H groups in total. The molecule has 0 saturated carbocycles. The Morgan fingerprint density at radius 3 is 2.40 bits per heavy atom. The zero-order valence-corrected chi connectivity index (χ0v) is 5.47. The Morgan fingerprint density at radius 2 is 1.90 bits per heavy atom. The van der Waals surface area contributed by atoms with Crippen LogP contribution in [0.2, 0.25) is 0 Å². The summed E-state index contributed by atoms with van der Waals surface area (Å²) in [5, 5.41) is 18.0. The molecule has 0 spiro atoms. The van der Waals surface area contributed by atoms with Gasteiger partial charge in [-0.2, -0.15) is 0 Å². The molecule has 0 aromatic rings. The van der Waals surface area contributed by atoms with Crippen LogP contribution >= 0.6 is 0 Å². The molecule has 1 heterocycles. The topological polar surface area (TPSA) is 102 Å². The molecule has 1 aliphatic rings. The minimum Gasteiger partial charge on any atom is -0.390 e. The van der Waals surface area contributed by atoms with E-state index in [2.05, 4.69) is 0 Å². The van der Waals surface area contributed by atoms with Gasteiger partial charge in [-0.3, -0.25) is 0 Å². The van der Waals surface area contributed by atoms with Gasteiger partial charge in [-0.1, -0.05) is 0 Å². The van der Waals surface area contributed by atoms with E-state index in [4.69, 9.17) is 26.4 Å². The summed E-state index contributed by atoms with van der Waals surface area (Å²) in [6, 6.07) is -1.28. The van der Waals surface area contributed by atoms with E-state index >= 15 is 0 Å². The summed E-state index contributed by atoms with van der Waals surface area (Å²) < 4.78 is 4.72. The number of aliphatic hydroxyl groups is 2. The fraction of sp³-hybridized carbons (Fsp3) is 1.00. The highest BCUT2D eigenvalue weighted by Crippen LogP contribution is 2.09. The van der Waals surface area contributed by atoms with Crippen molar-refractivity contribution in [1.29, 1.82) is 0 Å². The van der Waals surface area contributed by atoms with Gasteiger partial charge in [-0.15, -0.1) is 0 Å². The molecule has 0 bridgehead atoms. The van der Waals surface area contributed by atoms with Gasteiger partial charge in [0.1, 0.15) is 0 Å². The molecule has 4 atom stereocenters. The van der Waals surface area contributed by atoms with Crippen LogP contribution in [-0.4, -0.2) is 41.3 Å². The number of aliphatic hydroxyl groups excluding tert-OH is 2. The highest BCUT2D eigenvalue weighted by Gasteiger charge is 2.33. The predicted molar refractivity (Wildman–Crippen MR) is 33.9 cm³/mol. The average Bonchev–Trinajstić information content (AvgIpc) is 1.93. The van der Waals surface area contributed by atoms with Crippen molar-refractivity contribution in [2.75, 3.05) is 6.61 Å². The Bertz CT molecular complexity index is 107. The molecule has 5 heteroatoms. The van der Waals surface area contributed by atoms with Crippen LogP contribution in [0.4, 0.5) is 0 Å². The van der Waals surface area contributed by atoms with E-state index in [1.165, 1.54) is 0 Å². The van der Waals surface area contributed by atoms with Crippen LogP contribution in [0.25, 0.3) is 0 Å². The first-order chi connectivity index (χ1) is 4.63. The molecule has 1 fully saturated rings. The molecule has 1 rings (SSSR count). The Labute approximate surface area is 58.6 Å². The van der Waals surface area contributed by atoms with Crippen molar-refractivity contribution in [3.63, 3.8) is 0 Å². The van der Waals surface area contributed by atoms with E-state index in [-0.39, 0.29) is 6.61 Å². The van der Waals surface area contributed by atoms with Crippen molar-refractivity contribution in [3.8, 4) is 0 Å². The Morgan fingerprint density at radius 1 is 1.30 bits per heavy atom. The minimum atomic E-state index is -1.09. The van der Waals surface area contributed by atoms with Gasteiger partial charge >= 0.3 is 0 Å². The predicted octanol–water partition coefficient (Wildman–Crippen LogP) is -2.65. The summed E-state index contributed by atoms with van der Waals surface area (Å²) in [6.45, 7) is 0.149. The summed E-state index contributed by atoms with van der Waals surface area (Å²) in [4.78, 5) is 0. The second-order valence-corrected chi connectivity index (χ2v) is 2.46. The molecule has 0 radical (unpaired) electrons. The SMILES string of the molecule is N[C@@H]1COC(O)[C@H](N)[C@@H]1O. The molecule has 10 heavy (non-hydrogen) atoms. The average molecular weight is 148 g/mol. The third-order valence-electron chi connectivity index (χ3n) is 1.62. The highest BCUT2D eigenvalue weighted by molar-refractivity contribution is 4.87. The molecule has 1 aliphatic heterocycles. The number of hydrogen-bond donors (Lipinski definition) is 4. The van der Waals surface area contributed by atoms with Crippen molar-refractivity contribution in [1.82, 2.24) is 0 Å². The molecular formula is C5H12N2O3. The largest absolute Gasteiger partial charge is 0.390 e. The first-order valence-electron chi connectivity index (χ1n) is 3.12. The second kappa shape index (κ2) is 2.81. The Balaban J connectivity index is 2.52. The fourth-order valence-corrected chi connectivity index (χ4v) is 0.874. The standard InChI is InChI=1S/C5H12N2O3/c6-2-1-10-5(9)3(7)4(2)8/h2-5,8-9H,1,6-7H2/t2-,3-,4-,5?/m1/s1. The van der Waals surface area contributed by atoms with Crippen LogP contribution in [-0.2, 0) is 4.74 Å². The maximum absolute atomic E-state index is 9.13. The highest BCUT2D eigenvalue weighted by atomic mass is 16.6. The molecule has 0 aromatic carbocycles. The van der Waals surface area contributed by atoms with Gasteiger partial charge in [0.15, 0.2) is 6.29 Å². The normalized spacial score (nSPS) is 49.2. The molecule has 0 aliphatic carbocycles. The van der Waals surface area contributed by atoms with Crippen molar-refractivity contribution >= 4 is 0 Å². The van der Waals surface area contributed by atoms with Gasteiger partial charge in [0.2, 0.25) is 0 Å². The Hall–Kier alpha value is -0.200. The molecule has 1 saturated heterocycles. The number of rotatable bonds is 0. The summed E-state index contributed by atoms with van der Waals surface area (Å²) >= 11 is 0. The van der Waals surface area contributed by atoms with E-state index in [1.807, 2.05) is 0 Å². The van der Waals surface area contributed by atoms with E-state index in [1.54, 1.807) is 0 Å². The van der Waals surface area contributed by atoms with E-state index in [0.29, 0.717) is 0 Å². The van der Waals surface area contributed by atoms with Gasteiger partial charge in [-0.05, 0) is 0 Å². The lowest BCUT2D eigenvalue weighted by Crippen LogP contribution is -2.60. The van der Waals surface area contributed by atoms with Crippen molar-refractivity contribution in [2.45, 2.75) is 24.5 Å². The Kier molecular flexibility index (Phi) is 2.22. The summed E-state index contributed by atoms with van der Waals surface area (Å²) in [7, 11) is 0. The van der Waals surface area contributed by atoms with Crippen molar-refractivity contribution in [2.24, 2.45) is 11.5 Å². The first-order valence-corrected chi connectivity index (χ1v) is 3.12. The van der Waals surface area contributed by atoms with Gasteiger partial charge in [0.05, 0.1) is 24.8 Å². The molecule has 5 nitrogen and oxygen atoms in total. The van der Waals surface area contributed by atoms with Gasteiger partial charge in [0.25, 0.3) is 0 Å². The van der Waals surface area contributed by atoms with Gasteiger partial charge in [-0.25, -0.2) is 0 Å². The lowest BCUT2D eigenvalue weighted by Gasteiger charge is -2.33.